The number of benzene rings is 4. The van der Waals surface area contributed by atoms with Gasteiger partial charge in [-0.2, -0.15) is 0 Å². The molecule has 1 N–H and O–H groups in total. The molecule has 46 heavy (non-hydrogen) atoms. The van der Waals surface area contributed by atoms with Gasteiger partial charge in [-0.05, 0) is 66.4 Å². The molecular weight excluding hydrogens is 665 g/mol. The van der Waals surface area contributed by atoms with Gasteiger partial charge >= 0.3 is 0 Å². The summed E-state index contributed by atoms with van der Waals surface area (Å²) in [6, 6.07) is 26.0. The number of anilines is 1. The molecule has 0 heterocycles. The van der Waals surface area contributed by atoms with E-state index >= 15 is 0 Å². The second kappa shape index (κ2) is 16.3. The number of nitrogens with one attached hydrogen (secondary N) is 1. The van der Waals surface area contributed by atoms with Gasteiger partial charge in [-0.25, -0.2) is 8.42 Å². The maximum atomic E-state index is 14.6. The van der Waals surface area contributed by atoms with Crippen LogP contribution in [0, 0.1) is 6.92 Å². The van der Waals surface area contributed by atoms with Crippen LogP contribution in [-0.4, -0.2) is 44.3 Å². The van der Waals surface area contributed by atoms with Crippen molar-refractivity contribution in [3.05, 3.63) is 129 Å². The van der Waals surface area contributed by atoms with Crippen LogP contribution in [0.15, 0.2) is 102 Å². The summed E-state index contributed by atoms with van der Waals surface area (Å²) in [6.07, 6.45) is 1.83. The number of carbonyl (C=O) groups excluding carboxylic acids is 2. The van der Waals surface area contributed by atoms with Crippen molar-refractivity contribution in [3.8, 4) is 0 Å². The van der Waals surface area contributed by atoms with Gasteiger partial charge in [0.05, 0.1) is 10.6 Å². The fourth-order valence-electron chi connectivity index (χ4n) is 4.99. The molecule has 0 saturated heterocycles. The molecule has 0 fully saturated rings. The van der Waals surface area contributed by atoms with Crippen LogP contribution < -0.4 is 9.62 Å². The molecule has 4 aromatic carbocycles. The standard InChI is InChI=1S/C35H36Cl3N3O4S/c1-3-4-20-39-35(43)33(21-26-12-7-5-8-13-26)40(23-27-18-19-28(36)22-31(27)38)34(42)24-41(32-17-11-16-30(37)25(32)2)46(44,45)29-14-9-6-10-15-29/h5-19,22,33H,3-4,20-21,23-24H2,1-2H3,(H,39,43)/t33-/m1/s1. The minimum atomic E-state index is -4.25. The van der Waals surface area contributed by atoms with Crippen molar-refractivity contribution in [1.29, 1.82) is 0 Å². The Balaban J connectivity index is 1.83. The summed E-state index contributed by atoms with van der Waals surface area (Å²) in [5.41, 5.74) is 2.12. The zero-order chi connectivity index (χ0) is 33.3. The largest absolute Gasteiger partial charge is 0.354 e. The quantitative estimate of drug-likeness (QED) is 0.137. The normalized spacial score (nSPS) is 11.9. The molecule has 4 aromatic rings. The van der Waals surface area contributed by atoms with Crippen LogP contribution in [0.1, 0.15) is 36.5 Å². The van der Waals surface area contributed by atoms with Crippen LogP contribution in [0.5, 0.6) is 0 Å². The van der Waals surface area contributed by atoms with Crippen molar-refractivity contribution in [3.63, 3.8) is 0 Å². The summed E-state index contributed by atoms with van der Waals surface area (Å²) >= 11 is 19.2. The molecular formula is C35H36Cl3N3O4S. The van der Waals surface area contributed by atoms with Crippen molar-refractivity contribution >= 4 is 62.3 Å². The van der Waals surface area contributed by atoms with Gasteiger partial charge < -0.3 is 10.2 Å². The van der Waals surface area contributed by atoms with Gasteiger partial charge in [-0.1, -0.05) is 109 Å². The lowest BCUT2D eigenvalue weighted by Crippen LogP contribution is -2.53. The molecule has 0 aromatic heterocycles. The maximum absolute atomic E-state index is 14.6. The lowest BCUT2D eigenvalue weighted by molar-refractivity contribution is -0.140. The third kappa shape index (κ3) is 8.82. The smallest absolute Gasteiger partial charge is 0.264 e. The first-order valence-corrected chi connectivity index (χ1v) is 17.5. The molecule has 11 heteroatoms. The van der Waals surface area contributed by atoms with Crippen LogP contribution in [0.4, 0.5) is 5.69 Å². The number of carbonyl (C=O) groups is 2. The number of hydrogen-bond donors (Lipinski definition) is 1. The second-order valence-electron chi connectivity index (χ2n) is 10.8. The predicted octanol–water partition coefficient (Wildman–Crippen LogP) is 7.71. The zero-order valence-electron chi connectivity index (χ0n) is 25.6. The number of unbranched alkanes of at least 4 members (excludes halogenated alkanes) is 1. The Labute approximate surface area is 286 Å². The second-order valence-corrected chi connectivity index (χ2v) is 13.9. The summed E-state index contributed by atoms with van der Waals surface area (Å²) in [7, 11) is -4.25. The van der Waals surface area contributed by atoms with Crippen LogP contribution in [-0.2, 0) is 32.6 Å². The molecule has 0 saturated carbocycles. The molecule has 1 atom stereocenters. The summed E-state index contributed by atoms with van der Waals surface area (Å²) in [4.78, 5) is 29.9. The molecule has 0 radical (unpaired) electrons. The lowest BCUT2D eigenvalue weighted by atomic mass is 10.0. The predicted molar refractivity (Wildman–Crippen MR) is 186 cm³/mol. The SMILES string of the molecule is CCCCNC(=O)[C@@H](Cc1ccccc1)N(Cc1ccc(Cl)cc1Cl)C(=O)CN(c1cccc(Cl)c1C)S(=O)(=O)c1ccccc1. The van der Waals surface area contributed by atoms with Gasteiger partial charge in [0.25, 0.3) is 10.0 Å². The number of sulfonamides is 1. The fourth-order valence-corrected chi connectivity index (χ4v) is 7.12. The first kappa shape index (κ1) is 35.3. The fraction of sp³-hybridized carbons (Fsp3) is 0.257. The van der Waals surface area contributed by atoms with Gasteiger partial charge in [0.2, 0.25) is 11.8 Å². The van der Waals surface area contributed by atoms with E-state index in [1.165, 1.54) is 17.0 Å². The molecule has 0 bridgehead atoms. The van der Waals surface area contributed by atoms with Gasteiger partial charge in [0, 0.05) is 34.6 Å². The van der Waals surface area contributed by atoms with Crippen molar-refractivity contribution < 1.29 is 18.0 Å². The molecule has 2 amide bonds. The van der Waals surface area contributed by atoms with E-state index in [2.05, 4.69) is 5.32 Å². The van der Waals surface area contributed by atoms with Crippen LogP contribution in [0.2, 0.25) is 15.1 Å². The molecule has 0 spiro atoms. The minimum Gasteiger partial charge on any atom is -0.354 e. The van der Waals surface area contributed by atoms with E-state index < -0.39 is 28.5 Å². The number of amides is 2. The van der Waals surface area contributed by atoms with E-state index in [-0.39, 0.29) is 29.5 Å². The van der Waals surface area contributed by atoms with Gasteiger partial charge in [-0.3, -0.25) is 13.9 Å². The highest BCUT2D eigenvalue weighted by Crippen LogP contribution is 2.32. The molecule has 0 aliphatic heterocycles. The van der Waals surface area contributed by atoms with E-state index in [0.717, 1.165) is 22.7 Å². The first-order valence-electron chi connectivity index (χ1n) is 14.9. The minimum absolute atomic E-state index is 0.00705. The van der Waals surface area contributed by atoms with Crippen molar-refractivity contribution in [2.24, 2.45) is 0 Å². The highest BCUT2D eigenvalue weighted by molar-refractivity contribution is 7.92. The Morgan fingerprint density at radius 3 is 2.17 bits per heavy atom. The average Bonchev–Trinajstić information content (AvgIpc) is 3.04. The number of hydrogen-bond acceptors (Lipinski definition) is 4. The number of rotatable bonds is 14. The Kier molecular flexibility index (Phi) is 12.5. The Morgan fingerprint density at radius 1 is 0.848 bits per heavy atom. The Morgan fingerprint density at radius 2 is 1.52 bits per heavy atom. The molecule has 4 rings (SSSR count). The average molecular weight is 701 g/mol. The third-order valence-electron chi connectivity index (χ3n) is 7.57. The molecule has 7 nitrogen and oxygen atoms in total. The first-order chi connectivity index (χ1) is 22.0. The summed E-state index contributed by atoms with van der Waals surface area (Å²) in [5, 5.41) is 4.05. The van der Waals surface area contributed by atoms with Crippen molar-refractivity contribution in [1.82, 2.24) is 10.2 Å². The van der Waals surface area contributed by atoms with Crippen LogP contribution in [0.25, 0.3) is 0 Å². The highest BCUT2D eigenvalue weighted by Gasteiger charge is 2.35. The molecule has 0 unspecified atom stereocenters. The summed E-state index contributed by atoms with van der Waals surface area (Å²) in [5.74, 6) is -0.955. The van der Waals surface area contributed by atoms with E-state index in [9.17, 15) is 18.0 Å². The van der Waals surface area contributed by atoms with Gasteiger partial charge in [0.15, 0.2) is 0 Å². The van der Waals surface area contributed by atoms with Crippen molar-refractivity contribution in [2.75, 3.05) is 17.4 Å². The molecule has 0 aliphatic carbocycles. The van der Waals surface area contributed by atoms with E-state index in [1.807, 2.05) is 37.3 Å². The number of halogens is 3. The maximum Gasteiger partial charge on any atom is 0.264 e. The molecule has 0 aliphatic rings. The molecule has 242 valence electrons. The topological polar surface area (TPSA) is 86.8 Å². The Bertz CT molecular complexity index is 1760. The summed E-state index contributed by atoms with van der Waals surface area (Å²) in [6.45, 7) is 3.48. The lowest BCUT2D eigenvalue weighted by Gasteiger charge is -2.34. The number of nitrogens with zero attached hydrogens (tertiary/aromatic N) is 2. The van der Waals surface area contributed by atoms with Crippen LogP contribution >= 0.6 is 34.8 Å². The zero-order valence-corrected chi connectivity index (χ0v) is 28.7. The van der Waals surface area contributed by atoms with Crippen molar-refractivity contribution in [2.45, 2.75) is 50.6 Å². The summed E-state index contributed by atoms with van der Waals surface area (Å²) < 4.78 is 29.4. The Hall–Kier alpha value is -3.56. The third-order valence-corrected chi connectivity index (χ3v) is 10.3. The van der Waals surface area contributed by atoms with Gasteiger partial charge in [-0.15, -0.1) is 0 Å². The van der Waals surface area contributed by atoms with Gasteiger partial charge in [0.1, 0.15) is 12.6 Å². The highest BCUT2D eigenvalue weighted by atomic mass is 35.5. The van der Waals surface area contributed by atoms with E-state index in [0.29, 0.717) is 32.7 Å². The van der Waals surface area contributed by atoms with E-state index in [1.54, 1.807) is 61.5 Å². The van der Waals surface area contributed by atoms with Crippen LogP contribution in [0.3, 0.4) is 0 Å². The monoisotopic (exact) mass is 699 g/mol. The van der Waals surface area contributed by atoms with E-state index in [4.69, 9.17) is 34.8 Å².